The summed E-state index contributed by atoms with van der Waals surface area (Å²) in [5, 5.41) is 0. The summed E-state index contributed by atoms with van der Waals surface area (Å²) in [6, 6.07) is 17.0. The minimum atomic E-state index is 0.759. The lowest BCUT2D eigenvalue weighted by molar-refractivity contribution is 1.03. The molecule has 0 aromatic heterocycles. The Balaban J connectivity index is 2.19. The van der Waals surface area contributed by atoms with E-state index in [1.54, 1.807) is 0 Å². The van der Waals surface area contributed by atoms with E-state index in [-0.39, 0.29) is 0 Å². The van der Waals surface area contributed by atoms with Crippen molar-refractivity contribution < 1.29 is 0 Å². The van der Waals surface area contributed by atoms with Gasteiger partial charge in [-0.3, -0.25) is 0 Å². The molecular weight excluding hydrogens is 214 g/mol. The lowest BCUT2D eigenvalue weighted by Crippen LogP contribution is -2.19. The fourth-order valence-corrected chi connectivity index (χ4v) is 3.12. The zero-order valence-electron chi connectivity index (χ0n) is 8.89. The van der Waals surface area contributed by atoms with E-state index in [1.165, 1.54) is 21.2 Å². The lowest BCUT2D eigenvalue weighted by Gasteiger charge is -2.31. The summed E-state index contributed by atoms with van der Waals surface area (Å²) in [5.74, 6) is 0. The van der Waals surface area contributed by atoms with Gasteiger partial charge in [0.05, 0.1) is 11.4 Å². The third-order valence-electron chi connectivity index (χ3n) is 2.76. The van der Waals surface area contributed by atoms with Crippen LogP contribution in [-0.2, 0) is 0 Å². The number of benzene rings is 2. The topological polar surface area (TPSA) is 3.24 Å². The average molecular weight is 226 g/mol. The predicted octanol–water partition coefficient (Wildman–Crippen LogP) is 4.12. The molecule has 3 rings (SSSR count). The van der Waals surface area contributed by atoms with Crippen LogP contribution in [0.25, 0.3) is 0 Å². The van der Waals surface area contributed by atoms with Gasteiger partial charge in [-0.05, 0) is 31.2 Å². The van der Waals surface area contributed by atoms with Gasteiger partial charge in [0, 0.05) is 16.3 Å². The van der Waals surface area contributed by atoms with Crippen molar-refractivity contribution in [1.29, 1.82) is 0 Å². The minimum Gasteiger partial charge on any atom is -0.340 e. The van der Waals surface area contributed by atoms with Gasteiger partial charge < -0.3 is 4.90 Å². The number of fused-ring (bicyclic) bond motifs is 2. The monoisotopic (exact) mass is 226 g/mol. The van der Waals surface area contributed by atoms with Crippen molar-refractivity contribution in [1.82, 2.24) is 0 Å². The summed E-state index contributed by atoms with van der Waals surface area (Å²) in [6.45, 7) is 4.78. The number of hydrogen-bond donors (Lipinski definition) is 0. The number of hydrogen-bond acceptors (Lipinski definition) is 2. The number of para-hydroxylation sites is 2. The van der Waals surface area contributed by atoms with Gasteiger partial charge in [0.25, 0.3) is 0 Å². The Kier molecular flexibility index (Phi) is 2.37. The van der Waals surface area contributed by atoms with Crippen molar-refractivity contribution in [3.63, 3.8) is 0 Å². The summed E-state index contributed by atoms with van der Waals surface area (Å²) in [5.41, 5.74) is 2.53. The van der Waals surface area contributed by atoms with E-state index in [2.05, 4.69) is 60.4 Å². The van der Waals surface area contributed by atoms with Gasteiger partial charge in [0.15, 0.2) is 0 Å². The van der Waals surface area contributed by atoms with E-state index in [1.807, 2.05) is 11.8 Å². The summed E-state index contributed by atoms with van der Waals surface area (Å²) >= 11 is 1.83. The molecule has 1 aliphatic heterocycles. The molecule has 0 atom stereocenters. The van der Waals surface area contributed by atoms with Crippen LogP contribution in [0.5, 0.6) is 0 Å². The average Bonchev–Trinajstić information content (AvgIpc) is 2.36. The number of anilines is 2. The second-order valence-electron chi connectivity index (χ2n) is 3.69. The van der Waals surface area contributed by atoms with Crippen molar-refractivity contribution in [2.45, 2.75) is 9.79 Å². The van der Waals surface area contributed by atoms with Crippen molar-refractivity contribution >= 4 is 23.1 Å². The van der Waals surface area contributed by atoms with E-state index >= 15 is 0 Å². The van der Waals surface area contributed by atoms with Crippen LogP contribution in [-0.4, -0.2) is 6.54 Å². The number of nitrogens with zero attached hydrogens (tertiary/aromatic N) is 1. The Morgan fingerprint density at radius 3 is 1.88 bits per heavy atom. The first-order valence-corrected chi connectivity index (χ1v) is 6.14. The summed E-state index contributed by atoms with van der Waals surface area (Å²) in [7, 11) is 0. The highest BCUT2D eigenvalue weighted by molar-refractivity contribution is 7.99. The molecule has 2 heteroatoms. The first-order chi connectivity index (χ1) is 7.90. The smallest absolute Gasteiger partial charge is 0.0552 e. The van der Waals surface area contributed by atoms with E-state index in [4.69, 9.17) is 0 Å². The molecule has 2 aromatic rings. The summed E-state index contributed by atoms with van der Waals surface area (Å²) < 4.78 is 0. The number of rotatable bonds is 1. The second kappa shape index (κ2) is 3.87. The molecule has 0 fully saturated rings. The maximum atomic E-state index is 4.02. The SMILES string of the molecule is [CH2]CN1c2ccccc2Sc2ccccc21. The van der Waals surface area contributed by atoms with E-state index in [9.17, 15) is 0 Å². The Hall–Kier alpha value is -1.41. The summed E-state index contributed by atoms with van der Waals surface area (Å²) in [6.07, 6.45) is 0. The van der Waals surface area contributed by atoms with Gasteiger partial charge in [-0.2, -0.15) is 0 Å². The lowest BCUT2D eigenvalue weighted by atomic mass is 10.2. The largest absolute Gasteiger partial charge is 0.340 e. The third-order valence-corrected chi connectivity index (χ3v) is 3.89. The standard InChI is InChI=1S/C14H12NS/c1-2-15-11-7-3-5-9-13(11)16-14-10-6-4-8-12(14)15/h3-10H,1-2H2. The van der Waals surface area contributed by atoms with Crippen LogP contribution in [0.2, 0.25) is 0 Å². The third kappa shape index (κ3) is 1.41. The molecule has 1 radical (unpaired) electrons. The summed E-state index contributed by atoms with van der Waals surface area (Å²) in [4.78, 5) is 4.89. The Labute approximate surface area is 100 Å². The van der Waals surface area contributed by atoms with Crippen molar-refractivity contribution in [2.75, 3.05) is 11.4 Å². The molecule has 1 aliphatic rings. The maximum Gasteiger partial charge on any atom is 0.0552 e. The Morgan fingerprint density at radius 2 is 1.38 bits per heavy atom. The van der Waals surface area contributed by atoms with Crippen molar-refractivity contribution in [3.8, 4) is 0 Å². The minimum absolute atomic E-state index is 0.759. The van der Waals surface area contributed by atoms with Crippen molar-refractivity contribution in [2.24, 2.45) is 0 Å². The van der Waals surface area contributed by atoms with Crippen LogP contribution in [0.4, 0.5) is 11.4 Å². The fraction of sp³-hybridized carbons (Fsp3) is 0.0714. The Morgan fingerprint density at radius 1 is 0.875 bits per heavy atom. The molecule has 0 saturated carbocycles. The molecule has 79 valence electrons. The Bertz CT molecular complexity index is 476. The van der Waals surface area contributed by atoms with E-state index in [0.717, 1.165) is 6.54 Å². The molecule has 0 aliphatic carbocycles. The highest BCUT2D eigenvalue weighted by Crippen LogP contribution is 2.47. The van der Waals surface area contributed by atoms with Crippen LogP contribution in [0.1, 0.15) is 0 Å². The van der Waals surface area contributed by atoms with Crippen molar-refractivity contribution in [3.05, 3.63) is 55.5 Å². The van der Waals surface area contributed by atoms with Gasteiger partial charge >= 0.3 is 0 Å². The van der Waals surface area contributed by atoms with Crippen LogP contribution >= 0.6 is 11.8 Å². The second-order valence-corrected chi connectivity index (χ2v) is 4.77. The van der Waals surface area contributed by atoms with Gasteiger partial charge in [-0.25, -0.2) is 0 Å². The first-order valence-electron chi connectivity index (χ1n) is 5.33. The van der Waals surface area contributed by atoms with Crippen LogP contribution in [0.15, 0.2) is 58.3 Å². The molecule has 0 bridgehead atoms. The quantitative estimate of drug-likeness (QED) is 0.719. The van der Waals surface area contributed by atoms with Crippen LogP contribution in [0, 0.1) is 6.92 Å². The van der Waals surface area contributed by atoms with Gasteiger partial charge in [0.2, 0.25) is 0 Å². The van der Waals surface area contributed by atoms with Gasteiger partial charge in [-0.1, -0.05) is 36.0 Å². The van der Waals surface area contributed by atoms with Gasteiger partial charge in [-0.15, -0.1) is 0 Å². The molecule has 16 heavy (non-hydrogen) atoms. The molecule has 0 saturated heterocycles. The highest BCUT2D eigenvalue weighted by Gasteiger charge is 2.20. The van der Waals surface area contributed by atoms with Gasteiger partial charge in [0.1, 0.15) is 0 Å². The zero-order valence-corrected chi connectivity index (χ0v) is 9.70. The first kappa shape index (κ1) is 9.79. The van der Waals surface area contributed by atoms with Crippen LogP contribution < -0.4 is 4.90 Å². The zero-order chi connectivity index (χ0) is 11.0. The molecular formula is C14H12NS. The van der Waals surface area contributed by atoms with E-state index < -0.39 is 0 Å². The van der Waals surface area contributed by atoms with E-state index in [0.29, 0.717) is 0 Å². The fourth-order valence-electron chi connectivity index (χ4n) is 2.02. The molecule has 1 heterocycles. The molecule has 2 aromatic carbocycles. The molecule has 0 amide bonds. The maximum absolute atomic E-state index is 4.02. The van der Waals surface area contributed by atoms with Crippen LogP contribution in [0.3, 0.4) is 0 Å². The molecule has 0 spiro atoms. The highest BCUT2D eigenvalue weighted by atomic mass is 32.2. The molecule has 0 N–H and O–H groups in total. The predicted molar refractivity (Wildman–Crippen MR) is 69.4 cm³/mol. The molecule has 1 nitrogen and oxygen atoms in total. The normalized spacial score (nSPS) is 13.2. The molecule has 0 unspecified atom stereocenters.